The number of aromatic nitrogens is 4. The Kier molecular flexibility index (Phi) is 4.08. The van der Waals surface area contributed by atoms with Crippen molar-refractivity contribution in [2.24, 2.45) is 19.8 Å². The predicted molar refractivity (Wildman–Crippen MR) is 94.3 cm³/mol. The number of fused-ring (bicyclic) bond motifs is 1. The van der Waals surface area contributed by atoms with E-state index in [1.165, 1.54) is 11.6 Å². The number of nitrogens with zero attached hydrogens (tertiary/aromatic N) is 4. The summed E-state index contributed by atoms with van der Waals surface area (Å²) in [5.41, 5.74) is 7.12. The van der Waals surface area contributed by atoms with Crippen molar-refractivity contribution in [1.29, 1.82) is 0 Å². The zero-order valence-electron chi connectivity index (χ0n) is 14.5. The Morgan fingerprint density at radius 2 is 1.96 bits per heavy atom. The SMILES string of the molecule is CC(C)=CCn1c(NC2CC(N)C2)nc2c1c(=O)n(C)c(=O)n2C. The Morgan fingerprint density at radius 1 is 1.29 bits per heavy atom. The Balaban J connectivity index is 2.18. The molecule has 1 aliphatic carbocycles. The second kappa shape index (κ2) is 5.94. The number of rotatable bonds is 4. The highest BCUT2D eigenvalue weighted by Gasteiger charge is 2.28. The van der Waals surface area contributed by atoms with Crippen LogP contribution in [0, 0.1) is 0 Å². The maximum absolute atomic E-state index is 12.6. The van der Waals surface area contributed by atoms with Crippen LogP contribution < -0.4 is 22.3 Å². The van der Waals surface area contributed by atoms with Crippen LogP contribution in [0.5, 0.6) is 0 Å². The van der Waals surface area contributed by atoms with Gasteiger partial charge in [-0.3, -0.25) is 13.9 Å². The fourth-order valence-electron chi connectivity index (χ4n) is 2.97. The first-order valence-corrected chi connectivity index (χ1v) is 8.11. The molecule has 0 saturated heterocycles. The highest BCUT2D eigenvalue weighted by Crippen LogP contribution is 2.24. The number of hydrogen-bond donors (Lipinski definition) is 2. The van der Waals surface area contributed by atoms with Crippen LogP contribution in [0.2, 0.25) is 0 Å². The van der Waals surface area contributed by atoms with Gasteiger partial charge in [0.05, 0.1) is 0 Å². The Labute approximate surface area is 139 Å². The fourth-order valence-corrected chi connectivity index (χ4v) is 2.97. The molecule has 8 heteroatoms. The molecule has 3 rings (SSSR count). The van der Waals surface area contributed by atoms with Gasteiger partial charge in [0.2, 0.25) is 5.95 Å². The molecule has 2 heterocycles. The molecule has 1 aliphatic rings. The van der Waals surface area contributed by atoms with Crippen molar-refractivity contribution in [2.75, 3.05) is 5.32 Å². The summed E-state index contributed by atoms with van der Waals surface area (Å²) in [5.74, 6) is 0.609. The third-order valence-corrected chi connectivity index (χ3v) is 4.54. The molecule has 0 atom stereocenters. The van der Waals surface area contributed by atoms with Gasteiger partial charge in [0.1, 0.15) is 0 Å². The van der Waals surface area contributed by atoms with Crippen molar-refractivity contribution in [1.82, 2.24) is 18.7 Å². The molecule has 0 radical (unpaired) electrons. The fraction of sp³-hybridized carbons (Fsp3) is 0.562. The molecule has 1 fully saturated rings. The maximum Gasteiger partial charge on any atom is 0.332 e. The van der Waals surface area contributed by atoms with E-state index in [2.05, 4.69) is 10.3 Å². The maximum atomic E-state index is 12.6. The number of nitrogens with two attached hydrogens (primary N) is 1. The van der Waals surface area contributed by atoms with E-state index in [0.29, 0.717) is 23.7 Å². The molecule has 130 valence electrons. The van der Waals surface area contributed by atoms with Crippen LogP contribution in [0.4, 0.5) is 5.95 Å². The Hall–Kier alpha value is -2.35. The molecule has 2 aromatic rings. The normalized spacial score (nSPS) is 20.0. The van der Waals surface area contributed by atoms with Crippen LogP contribution in [-0.4, -0.2) is 30.8 Å². The average Bonchev–Trinajstić information content (AvgIpc) is 2.86. The van der Waals surface area contributed by atoms with E-state index in [4.69, 9.17) is 5.73 Å². The average molecular weight is 332 g/mol. The molecule has 0 bridgehead atoms. The topological polar surface area (TPSA) is 99.9 Å². The van der Waals surface area contributed by atoms with Crippen molar-refractivity contribution < 1.29 is 0 Å². The minimum absolute atomic E-state index is 0.218. The molecule has 24 heavy (non-hydrogen) atoms. The number of imidazole rings is 1. The molecular weight excluding hydrogens is 308 g/mol. The van der Waals surface area contributed by atoms with Crippen LogP contribution in [0.25, 0.3) is 11.2 Å². The van der Waals surface area contributed by atoms with E-state index in [-0.39, 0.29) is 23.3 Å². The van der Waals surface area contributed by atoms with Gasteiger partial charge in [0.25, 0.3) is 5.56 Å². The van der Waals surface area contributed by atoms with Crippen LogP contribution in [-0.2, 0) is 20.6 Å². The van der Waals surface area contributed by atoms with Gasteiger partial charge in [0, 0.05) is 32.7 Å². The van der Waals surface area contributed by atoms with E-state index in [1.54, 1.807) is 7.05 Å². The smallest absolute Gasteiger partial charge is 0.332 e. The number of hydrogen-bond acceptors (Lipinski definition) is 5. The van der Waals surface area contributed by atoms with Crippen LogP contribution in [0.15, 0.2) is 21.2 Å². The van der Waals surface area contributed by atoms with Crippen molar-refractivity contribution in [3.8, 4) is 0 Å². The lowest BCUT2D eigenvalue weighted by molar-refractivity contribution is 0.371. The van der Waals surface area contributed by atoms with Crippen molar-refractivity contribution in [3.05, 3.63) is 32.5 Å². The largest absolute Gasteiger partial charge is 0.353 e. The van der Waals surface area contributed by atoms with Crippen LogP contribution >= 0.6 is 0 Å². The lowest BCUT2D eigenvalue weighted by Gasteiger charge is -2.33. The van der Waals surface area contributed by atoms with Gasteiger partial charge in [-0.1, -0.05) is 11.6 Å². The Bertz CT molecular complexity index is 923. The quantitative estimate of drug-likeness (QED) is 0.785. The standard InChI is InChI=1S/C16H24N6O2/c1-9(2)5-6-22-12-13(20(3)16(24)21(4)14(12)23)19-15(22)18-11-7-10(17)8-11/h5,10-11H,6-8,17H2,1-4H3,(H,18,19). The van der Waals surface area contributed by atoms with Gasteiger partial charge in [0.15, 0.2) is 11.2 Å². The van der Waals surface area contributed by atoms with E-state index in [1.807, 2.05) is 24.5 Å². The lowest BCUT2D eigenvalue weighted by atomic mass is 9.88. The van der Waals surface area contributed by atoms with Crippen molar-refractivity contribution in [2.45, 2.75) is 45.3 Å². The Morgan fingerprint density at radius 3 is 2.54 bits per heavy atom. The second-order valence-electron chi connectivity index (χ2n) is 6.78. The first kappa shape index (κ1) is 16.5. The van der Waals surface area contributed by atoms with Gasteiger partial charge in [-0.2, -0.15) is 4.98 Å². The van der Waals surface area contributed by atoms with Gasteiger partial charge >= 0.3 is 5.69 Å². The van der Waals surface area contributed by atoms with E-state index < -0.39 is 0 Å². The zero-order chi connectivity index (χ0) is 17.6. The third kappa shape index (κ3) is 2.66. The number of allylic oxidation sites excluding steroid dienone is 2. The number of anilines is 1. The molecule has 0 spiro atoms. The summed E-state index contributed by atoms with van der Waals surface area (Å²) in [6.07, 6.45) is 3.79. The van der Waals surface area contributed by atoms with E-state index in [9.17, 15) is 9.59 Å². The summed E-state index contributed by atoms with van der Waals surface area (Å²) in [4.78, 5) is 29.3. The molecular formula is C16H24N6O2. The predicted octanol–water partition coefficient (Wildman–Crippen LogP) is 0.302. The molecule has 2 aromatic heterocycles. The van der Waals surface area contributed by atoms with Crippen LogP contribution in [0.1, 0.15) is 26.7 Å². The van der Waals surface area contributed by atoms with Gasteiger partial charge in [-0.25, -0.2) is 4.79 Å². The summed E-state index contributed by atoms with van der Waals surface area (Å²) in [6.45, 7) is 4.53. The first-order valence-electron chi connectivity index (χ1n) is 8.11. The highest BCUT2D eigenvalue weighted by molar-refractivity contribution is 5.74. The number of nitrogens with one attached hydrogen (secondary N) is 1. The third-order valence-electron chi connectivity index (χ3n) is 4.54. The summed E-state index contributed by atoms with van der Waals surface area (Å²) >= 11 is 0. The summed E-state index contributed by atoms with van der Waals surface area (Å²) < 4.78 is 4.37. The van der Waals surface area contributed by atoms with Crippen molar-refractivity contribution >= 4 is 17.1 Å². The second-order valence-corrected chi connectivity index (χ2v) is 6.78. The molecule has 0 aromatic carbocycles. The monoisotopic (exact) mass is 332 g/mol. The minimum atomic E-state index is -0.378. The molecule has 0 unspecified atom stereocenters. The van der Waals surface area contributed by atoms with E-state index >= 15 is 0 Å². The summed E-state index contributed by atoms with van der Waals surface area (Å²) in [5, 5.41) is 3.36. The first-order chi connectivity index (χ1) is 11.3. The van der Waals surface area contributed by atoms with E-state index in [0.717, 1.165) is 23.0 Å². The van der Waals surface area contributed by atoms with Gasteiger partial charge in [-0.15, -0.1) is 0 Å². The van der Waals surface area contributed by atoms with Crippen LogP contribution in [0.3, 0.4) is 0 Å². The van der Waals surface area contributed by atoms with Crippen molar-refractivity contribution in [3.63, 3.8) is 0 Å². The highest BCUT2D eigenvalue weighted by atomic mass is 16.2. The lowest BCUT2D eigenvalue weighted by Crippen LogP contribution is -2.44. The minimum Gasteiger partial charge on any atom is -0.353 e. The molecule has 0 amide bonds. The molecule has 8 nitrogen and oxygen atoms in total. The zero-order valence-corrected chi connectivity index (χ0v) is 14.5. The molecule has 0 aliphatic heterocycles. The summed E-state index contributed by atoms with van der Waals surface area (Å²) in [7, 11) is 3.12. The van der Waals surface area contributed by atoms with Gasteiger partial charge in [-0.05, 0) is 26.7 Å². The number of aryl methyl sites for hydroxylation is 1. The molecule has 1 saturated carbocycles. The van der Waals surface area contributed by atoms with Gasteiger partial charge < -0.3 is 15.6 Å². The summed E-state index contributed by atoms with van der Waals surface area (Å²) in [6, 6.07) is 0.471. The molecule has 3 N–H and O–H groups in total.